The lowest BCUT2D eigenvalue weighted by atomic mass is 10.1. The van der Waals surface area contributed by atoms with E-state index in [9.17, 15) is 9.59 Å². The van der Waals surface area contributed by atoms with Crippen LogP contribution in [0.4, 0.5) is 0 Å². The summed E-state index contributed by atoms with van der Waals surface area (Å²) in [6.07, 6.45) is -0.187. The van der Waals surface area contributed by atoms with E-state index < -0.39 is 11.9 Å². The Morgan fingerprint density at radius 2 is 1.81 bits per heavy atom. The number of carbonyl (C=O) groups is 2. The van der Waals surface area contributed by atoms with Gasteiger partial charge in [0, 0.05) is 4.47 Å². The SMILES string of the molecule is COC(=O)Cc1c(C(=O)OC)nnc2c(-c3ccc(Br)cc3)c(C)nn12. The van der Waals surface area contributed by atoms with E-state index >= 15 is 0 Å². The summed E-state index contributed by atoms with van der Waals surface area (Å²) >= 11 is 3.41. The molecule has 0 aliphatic carbocycles. The summed E-state index contributed by atoms with van der Waals surface area (Å²) in [6.45, 7) is 1.83. The molecule has 0 amide bonds. The monoisotopic (exact) mass is 418 g/mol. The van der Waals surface area contributed by atoms with Gasteiger partial charge >= 0.3 is 11.9 Å². The van der Waals surface area contributed by atoms with Crippen molar-refractivity contribution in [1.29, 1.82) is 0 Å². The highest BCUT2D eigenvalue weighted by Crippen LogP contribution is 2.29. The van der Waals surface area contributed by atoms with Crippen molar-refractivity contribution in [2.45, 2.75) is 13.3 Å². The van der Waals surface area contributed by atoms with E-state index in [0.717, 1.165) is 15.6 Å². The van der Waals surface area contributed by atoms with E-state index in [-0.39, 0.29) is 17.8 Å². The Kier molecular flexibility index (Phi) is 4.99. The highest BCUT2D eigenvalue weighted by molar-refractivity contribution is 9.10. The molecule has 134 valence electrons. The van der Waals surface area contributed by atoms with Gasteiger partial charge in [-0.3, -0.25) is 4.79 Å². The summed E-state index contributed by atoms with van der Waals surface area (Å²) in [5.74, 6) is -1.22. The molecule has 0 aliphatic rings. The highest BCUT2D eigenvalue weighted by Gasteiger charge is 2.24. The van der Waals surface area contributed by atoms with Crippen molar-refractivity contribution in [1.82, 2.24) is 19.8 Å². The fraction of sp³-hybridized carbons (Fsp3) is 0.235. The van der Waals surface area contributed by atoms with Crippen LogP contribution in [0.1, 0.15) is 21.9 Å². The predicted octanol–water partition coefficient (Wildman–Crippen LogP) is 2.36. The first-order chi connectivity index (χ1) is 12.5. The molecular formula is C17H15BrN4O4. The van der Waals surface area contributed by atoms with Crippen LogP contribution in [-0.2, 0) is 20.7 Å². The zero-order chi connectivity index (χ0) is 18.8. The van der Waals surface area contributed by atoms with E-state index in [1.165, 1.54) is 18.7 Å². The second kappa shape index (κ2) is 7.20. The Bertz CT molecular complexity index is 998. The molecule has 0 unspecified atom stereocenters. The maximum Gasteiger partial charge on any atom is 0.360 e. The number of esters is 2. The molecule has 0 saturated heterocycles. The van der Waals surface area contributed by atoms with Crippen LogP contribution in [0.2, 0.25) is 0 Å². The molecule has 9 heteroatoms. The Labute approximate surface area is 157 Å². The van der Waals surface area contributed by atoms with Gasteiger partial charge in [0.2, 0.25) is 0 Å². The van der Waals surface area contributed by atoms with Gasteiger partial charge in [-0.05, 0) is 24.6 Å². The van der Waals surface area contributed by atoms with Gasteiger partial charge in [-0.15, -0.1) is 10.2 Å². The standard InChI is InChI=1S/C17H15BrN4O4/c1-9-14(10-4-6-11(18)7-5-10)16-20-19-15(17(24)26-3)12(22(16)21-9)8-13(23)25-2/h4-7H,8H2,1-3H3. The van der Waals surface area contributed by atoms with Crippen molar-refractivity contribution in [3.8, 4) is 11.1 Å². The Morgan fingerprint density at radius 3 is 2.42 bits per heavy atom. The number of aromatic nitrogens is 4. The Hall–Kier alpha value is -2.81. The molecule has 2 aromatic heterocycles. The molecule has 2 heterocycles. The number of fused-ring (bicyclic) bond motifs is 1. The third-order valence-corrected chi connectivity index (χ3v) is 4.39. The van der Waals surface area contributed by atoms with Crippen LogP contribution >= 0.6 is 15.9 Å². The lowest BCUT2D eigenvalue weighted by Crippen LogP contribution is -2.18. The van der Waals surface area contributed by atoms with E-state index in [2.05, 4.69) is 31.2 Å². The third-order valence-electron chi connectivity index (χ3n) is 3.86. The van der Waals surface area contributed by atoms with Crippen molar-refractivity contribution < 1.29 is 19.1 Å². The number of methoxy groups -OCH3 is 2. The number of halogens is 1. The molecule has 0 spiro atoms. The summed E-state index contributed by atoms with van der Waals surface area (Å²) in [5.41, 5.74) is 2.99. The molecule has 0 fully saturated rings. The molecule has 1 aromatic carbocycles. The topological polar surface area (TPSA) is 95.7 Å². The molecule has 0 saturated carbocycles. The van der Waals surface area contributed by atoms with Gasteiger partial charge < -0.3 is 9.47 Å². The van der Waals surface area contributed by atoms with Crippen LogP contribution in [0.15, 0.2) is 28.7 Å². The lowest BCUT2D eigenvalue weighted by molar-refractivity contribution is -0.139. The summed E-state index contributed by atoms with van der Waals surface area (Å²) in [4.78, 5) is 23.8. The maximum absolute atomic E-state index is 12.0. The van der Waals surface area contributed by atoms with Gasteiger partial charge in [-0.1, -0.05) is 28.1 Å². The number of benzene rings is 1. The van der Waals surface area contributed by atoms with Gasteiger partial charge in [0.15, 0.2) is 11.3 Å². The summed E-state index contributed by atoms with van der Waals surface area (Å²) in [6, 6.07) is 7.65. The number of ether oxygens (including phenoxy) is 2. The maximum atomic E-state index is 12.0. The van der Waals surface area contributed by atoms with Crippen LogP contribution in [0.5, 0.6) is 0 Å². The lowest BCUT2D eigenvalue weighted by Gasteiger charge is -2.08. The van der Waals surface area contributed by atoms with E-state index in [1.54, 1.807) is 0 Å². The molecule has 0 bridgehead atoms. The molecule has 0 N–H and O–H groups in total. The Balaban J connectivity index is 2.26. The average molecular weight is 419 g/mol. The van der Waals surface area contributed by atoms with Crippen LogP contribution in [0.3, 0.4) is 0 Å². The van der Waals surface area contributed by atoms with Crippen LogP contribution in [0.25, 0.3) is 16.8 Å². The minimum atomic E-state index is -0.698. The van der Waals surface area contributed by atoms with Crippen molar-refractivity contribution in [2.24, 2.45) is 0 Å². The van der Waals surface area contributed by atoms with Crippen LogP contribution in [-0.4, -0.2) is 46.0 Å². The summed E-state index contributed by atoms with van der Waals surface area (Å²) in [5, 5.41) is 12.6. The van der Waals surface area contributed by atoms with Gasteiger partial charge in [-0.2, -0.15) is 5.10 Å². The smallest absolute Gasteiger partial charge is 0.360 e. The van der Waals surface area contributed by atoms with Crippen LogP contribution in [0, 0.1) is 6.92 Å². The molecule has 26 heavy (non-hydrogen) atoms. The first-order valence-corrected chi connectivity index (χ1v) is 8.41. The molecule has 8 nitrogen and oxygen atoms in total. The summed E-state index contributed by atoms with van der Waals surface area (Å²) in [7, 11) is 2.51. The first kappa shape index (κ1) is 18.0. The fourth-order valence-corrected chi connectivity index (χ4v) is 2.89. The second-order valence-corrected chi connectivity index (χ2v) is 6.36. The van der Waals surface area contributed by atoms with Crippen molar-refractivity contribution in [3.63, 3.8) is 0 Å². The molecule has 3 rings (SSSR count). The minimum absolute atomic E-state index is 0.0738. The normalized spacial score (nSPS) is 10.8. The zero-order valence-corrected chi connectivity index (χ0v) is 15.9. The van der Waals surface area contributed by atoms with Crippen LogP contribution < -0.4 is 0 Å². The average Bonchev–Trinajstić information content (AvgIpc) is 2.98. The van der Waals surface area contributed by atoms with E-state index in [0.29, 0.717) is 11.3 Å². The molecule has 0 radical (unpaired) electrons. The quantitative estimate of drug-likeness (QED) is 0.599. The van der Waals surface area contributed by atoms with Gasteiger partial charge in [0.25, 0.3) is 0 Å². The number of carbonyl (C=O) groups excluding carboxylic acids is 2. The molecule has 0 aliphatic heterocycles. The second-order valence-electron chi connectivity index (χ2n) is 5.44. The van der Waals surface area contributed by atoms with E-state index in [4.69, 9.17) is 9.47 Å². The number of rotatable bonds is 4. The number of hydrogen-bond donors (Lipinski definition) is 0. The number of aryl methyl sites for hydroxylation is 1. The van der Waals surface area contributed by atoms with Gasteiger partial charge in [0.05, 0.1) is 37.6 Å². The van der Waals surface area contributed by atoms with Gasteiger partial charge in [0.1, 0.15) is 0 Å². The highest BCUT2D eigenvalue weighted by atomic mass is 79.9. The Morgan fingerprint density at radius 1 is 1.12 bits per heavy atom. The van der Waals surface area contributed by atoms with Crippen molar-refractivity contribution in [3.05, 3.63) is 45.8 Å². The van der Waals surface area contributed by atoms with Crippen molar-refractivity contribution in [2.75, 3.05) is 14.2 Å². The summed E-state index contributed by atoms with van der Waals surface area (Å²) < 4.78 is 11.8. The molecule has 3 aromatic rings. The van der Waals surface area contributed by atoms with Crippen molar-refractivity contribution >= 4 is 33.5 Å². The fourth-order valence-electron chi connectivity index (χ4n) is 2.63. The van der Waals surface area contributed by atoms with Gasteiger partial charge in [-0.25, -0.2) is 9.31 Å². The zero-order valence-electron chi connectivity index (χ0n) is 14.3. The first-order valence-electron chi connectivity index (χ1n) is 7.62. The number of hydrogen-bond acceptors (Lipinski definition) is 7. The molecule has 0 atom stereocenters. The molecular weight excluding hydrogens is 404 g/mol. The minimum Gasteiger partial charge on any atom is -0.469 e. The van der Waals surface area contributed by atoms with E-state index in [1.807, 2.05) is 31.2 Å². The largest absolute Gasteiger partial charge is 0.469 e. The predicted molar refractivity (Wildman–Crippen MR) is 95.7 cm³/mol. The third kappa shape index (κ3) is 3.17. The number of nitrogens with zero attached hydrogens (tertiary/aromatic N) is 4.